The van der Waals surface area contributed by atoms with Crippen LogP contribution in [0.15, 0.2) is 47.6 Å². The van der Waals surface area contributed by atoms with Crippen molar-refractivity contribution in [3.8, 4) is 5.75 Å². The van der Waals surface area contributed by atoms with E-state index in [2.05, 4.69) is 23.0 Å². The molecule has 0 aliphatic rings. The molecule has 2 aromatic rings. The lowest BCUT2D eigenvalue weighted by Crippen LogP contribution is -1.97. The van der Waals surface area contributed by atoms with Crippen molar-refractivity contribution >= 4 is 5.69 Å². The van der Waals surface area contributed by atoms with Crippen molar-refractivity contribution in [2.24, 2.45) is 5.11 Å². The average molecular weight is 253 g/mol. The molecule has 2 rings (SSSR count). The van der Waals surface area contributed by atoms with Gasteiger partial charge in [0.15, 0.2) is 0 Å². The Labute approximate surface area is 112 Å². The second kappa shape index (κ2) is 5.94. The summed E-state index contributed by atoms with van der Waals surface area (Å²) in [6.07, 6.45) is 0. The molecule has 0 bridgehead atoms. The Morgan fingerprint density at radius 3 is 2.74 bits per heavy atom. The van der Waals surface area contributed by atoms with E-state index in [9.17, 15) is 0 Å². The maximum absolute atomic E-state index is 8.41. The van der Waals surface area contributed by atoms with Gasteiger partial charge in [0.05, 0.1) is 0 Å². The first-order valence-electron chi connectivity index (χ1n) is 6.03. The molecule has 4 nitrogen and oxygen atoms in total. The van der Waals surface area contributed by atoms with Gasteiger partial charge in [0.2, 0.25) is 0 Å². The van der Waals surface area contributed by atoms with Gasteiger partial charge in [0.1, 0.15) is 12.4 Å². The van der Waals surface area contributed by atoms with Crippen molar-refractivity contribution in [3.63, 3.8) is 0 Å². The Kier molecular flexibility index (Phi) is 4.06. The van der Waals surface area contributed by atoms with Gasteiger partial charge in [-0.05, 0) is 42.6 Å². The van der Waals surface area contributed by atoms with Crippen molar-refractivity contribution in [1.82, 2.24) is 0 Å². The summed E-state index contributed by atoms with van der Waals surface area (Å²) in [7, 11) is 0. The number of ether oxygens (including phenoxy) is 1. The molecule has 0 N–H and O–H groups in total. The van der Waals surface area contributed by atoms with Crippen molar-refractivity contribution in [1.29, 1.82) is 0 Å². The van der Waals surface area contributed by atoms with Crippen LogP contribution in [0.25, 0.3) is 10.4 Å². The number of hydrogen-bond donors (Lipinski definition) is 0. The summed E-state index contributed by atoms with van der Waals surface area (Å²) >= 11 is 0. The third kappa shape index (κ3) is 3.50. The van der Waals surface area contributed by atoms with Crippen LogP contribution >= 0.6 is 0 Å². The van der Waals surface area contributed by atoms with Crippen LogP contribution in [-0.2, 0) is 6.61 Å². The van der Waals surface area contributed by atoms with E-state index in [4.69, 9.17) is 10.3 Å². The lowest BCUT2D eigenvalue weighted by Gasteiger charge is -2.10. The van der Waals surface area contributed by atoms with Crippen LogP contribution in [0.4, 0.5) is 5.69 Å². The van der Waals surface area contributed by atoms with Crippen molar-refractivity contribution in [2.45, 2.75) is 20.5 Å². The molecule has 0 saturated heterocycles. The van der Waals surface area contributed by atoms with Crippen LogP contribution < -0.4 is 4.74 Å². The molecular formula is C15H15N3O. The average Bonchev–Trinajstić information content (AvgIpc) is 2.38. The molecule has 0 fully saturated rings. The number of benzene rings is 2. The molecule has 0 atom stereocenters. The van der Waals surface area contributed by atoms with Gasteiger partial charge >= 0.3 is 0 Å². The lowest BCUT2D eigenvalue weighted by molar-refractivity contribution is 0.304. The molecule has 0 aliphatic carbocycles. The molecule has 0 saturated carbocycles. The monoisotopic (exact) mass is 253 g/mol. The molecule has 2 aromatic carbocycles. The molecule has 0 heterocycles. The molecule has 19 heavy (non-hydrogen) atoms. The maximum atomic E-state index is 8.41. The highest BCUT2D eigenvalue weighted by Gasteiger charge is 2.01. The SMILES string of the molecule is Cc1ccc(OCc2cccc(N=[N+]=[N-])c2)c(C)c1. The minimum absolute atomic E-state index is 0.457. The van der Waals surface area contributed by atoms with E-state index in [1.54, 1.807) is 6.07 Å². The summed E-state index contributed by atoms with van der Waals surface area (Å²) in [5.74, 6) is 0.875. The number of rotatable bonds is 4. The van der Waals surface area contributed by atoms with E-state index in [0.29, 0.717) is 12.3 Å². The molecular weight excluding hydrogens is 238 g/mol. The van der Waals surface area contributed by atoms with E-state index >= 15 is 0 Å². The van der Waals surface area contributed by atoms with Crippen LogP contribution in [0, 0.1) is 13.8 Å². The summed E-state index contributed by atoms with van der Waals surface area (Å²) < 4.78 is 5.78. The first kappa shape index (κ1) is 13.0. The van der Waals surface area contributed by atoms with Crippen molar-refractivity contribution in [2.75, 3.05) is 0 Å². The second-order valence-electron chi connectivity index (χ2n) is 4.42. The summed E-state index contributed by atoms with van der Waals surface area (Å²) in [5.41, 5.74) is 12.3. The third-order valence-corrected chi connectivity index (χ3v) is 2.80. The number of azide groups is 1. The van der Waals surface area contributed by atoms with Crippen molar-refractivity contribution in [3.05, 3.63) is 69.6 Å². The van der Waals surface area contributed by atoms with E-state index in [-0.39, 0.29) is 0 Å². The van der Waals surface area contributed by atoms with Crippen LogP contribution in [-0.4, -0.2) is 0 Å². The fourth-order valence-corrected chi connectivity index (χ4v) is 1.88. The van der Waals surface area contributed by atoms with Crippen LogP contribution in [0.2, 0.25) is 0 Å². The number of hydrogen-bond acceptors (Lipinski definition) is 2. The second-order valence-corrected chi connectivity index (χ2v) is 4.42. The fraction of sp³-hybridized carbons (Fsp3) is 0.200. The number of nitrogens with zero attached hydrogens (tertiary/aromatic N) is 3. The normalized spacial score (nSPS) is 9.79. The molecule has 0 spiro atoms. The molecule has 0 unspecified atom stereocenters. The summed E-state index contributed by atoms with van der Waals surface area (Å²) in [4.78, 5) is 2.77. The minimum atomic E-state index is 0.457. The highest BCUT2D eigenvalue weighted by Crippen LogP contribution is 2.21. The predicted molar refractivity (Wildman–Crippen MR) is 75.5 cm³/mol. The smallest absolute Gasteiger partial charge is 0.122 e. The Bertz CT molecular complexity index is 631. The minimum Gasteiger partial charge on any atom is -0.489 e. The van der Waals surface area contributed by atoms with E-state index in [0.717, 1.165) is 16.9 Å². The molecule has 0 aromatic heterocycles. The van der Waals surface area contributed by atoms with Gasteiger partial charge in [-0.25, -0.2) is 0 Å². The van der Waals surface area contributed by atoms with E-state index in [1.807, 2.05) is 37.3 Å². The largest absolute Gasteiger partial charge is 0.489 e. The topological polar surface area (TPSA) is 58.0 Å². The van der Waals surface area contributed by atoms with Crippen LogP contribution in [0.1, 0.15) is 16.7 Å². The molecule has 0 amide bonds. The van der Waals surface area contributed by atoms with Gasteiger partial charge in [0.25, 0.3) is 0 Å². The molecule has 0 radical (unpaired) electrons. The Morgan fingerprint density at radius 1 is 1.16 bits per heavy atom. The molecule has 0 aliphatic heterocycles. The number of aryl methyl sites for hydroxylation is 2. The highest BCUT2D eigenvalue weighted by atomic mass is 16.5. The summed E-state index contributed by atoms with van der Waals surface area (Å²) in [6, 6.07) is 13.5. The van der Waals surface area contributed by atoms with Gasteiger partial charge in [-0.2, -0.15) is 0 Å². The summed E-state index contributed by atoms with van der Waals surface area (Å²) in [5, 5.41) is 3.58. The quantitative estimate of drug-likeness (QED) is 0.437. The molecule has 96 valence electrons. The first-order chi connectivity index (χ1) is 9.19. The standard InChI is InChI=1S/C15H15N3O/c1-11-6-7-15(12(2)8-11)19-10-13-4-3-5-14(9-13)17-18-16/h3-9H,10H2,1-2H3. The van der Waals surface area contributed by atoms with Crippen LogP contribution in [0.3, 0.4) is 0 Å². The Balaban J connectivity index is 2.09. The fourth-order valence-electron chi connectivity index (χ4n) is 1.88. The van der Waals surface area contributed by atoms with Gasteiger partial charge in [-0.1, -0.05) is 41.0 Å². The summed E-state index contributed by atoms with van der Waals surface area (Å²) in [6.45, 7) is 4.54. The maximum Gasteiger partial charge on any atom is 0.122 e. The zero-order valence-corrected chi connectivity index (χ0v) is 11.0. The third-order valence-electron chi connectivity index (χ3n) is 2.80. The zero-order valence-electron chi connectivity index (χ0n) is 11.0. The Morgan fingerprint density at radius 2 is 2.00 bits per heavy atom. The van der Waals surface area contributed by atoms with Gasteiger partial charge in [-0.3, -0.25) is 0 Å². The zero-order chi connectivity index (χ0) is 13.7. The highest BCUT2D eigenvalue weighted by molar-refractivity contribution is 5.40. The van der Waals surface area contributed by atoms with E-state index in [1.165, 1.54) is 5.56 Å². The van der Waals surface area contributed by atoms with Gasteiger partial charge in [0, 0.05) is 10.6 Å². The van der Waals surface area contributed by atoms with Crippen molar-refractivity contribution < 1.29 is 4.74 Å². The predicted octanol–water partition coefficient (Wildman–Crippen LogP) is 4.82. The first-order valence-corrected chi connectivity index (χ1v) is 6.03. The van der Waals surface area contributed by atoms with E-state index < -0.39 is 0 Å². The Hall–Kier alpha value is -2.45. The van der Waals surface area contributed by atoms with Gasteiger partial charge < -0.3 is 4.74 Å². The lowest BCUT2D eigenvalue weighted by atomic mass is 10.1. The molecule has 4 heteroatoms. The van der Waals surface area contributed by atoms with Crippen LogP contribution in [0.5, 0.6) is 5.75 Å². The van der Waals surface area contributed by atoms with Gasteiger partial charge in [-0.15, -0.1) is 0 Å².